The van der Waals surface area contributed by atoms with Crippen molar-refractivity contribution < 1.29 is 0 Å². The standard InChI is InChI=1S/C5H13N3/c1-2-5(7)3-8-4-6/h3,5H,2,4,6-7H2,1H3. The molecule has 0 radical (unpaired) electrons. The normalized spacial score (nSPS) is 14.9. The fraction of sp³-hybridized carbons (Fsp3) is 0.800. The van der Waals surface area contributed by atoms with Crippen molar-refractivity contribution in [2.75, 3.05) is 6.67 Å². The maximum atomic E-state index is 5.45. The number of hydrogen-bond acceptors (Lipinski definition) is 3. The lowest BCUT2D eigenvalue weighted by atomic mass is 10.3. The summed E-state index contributed by atoms with van der Waals surface area (Å²) in [7, 11) is 0. The van der Waals surface area contributed by atoms with Crippen molar-refractivity contribution >= 4 is 6.21 Å². The van der Waals surface area contributed by atoms with E-state index in [1.54, 1.807) is 6.21 Å². The Hall–Kier alpha value is -0.410. The van der Waals surface area contributed by atoms with E-state index in [1.165, 1.54) is 0 Å². The van der Waals surface area contributed by atoms with E-state index in [4.69, 9.17) is 11.5 Å². The Morgan fingerprint density at radius 2 is 2.38 bits per heavy atom. The van der Waals surface area contributed by atoms with Crippen LogP contribution in [0, 0.1) is 0 Å². The van der Waals surface area contributed by atoms with Gasteiger partial charge in [-0.25, -0.2) is 0 Å². The Balaban J connectivity index is 3.21. The van der Waals surface area contributed by atoms with Crippen LogP contribution in [-0.4, -0.2) is 18.9 Å². The topological polar surface area (TPSA) is 64.4 Å². The molecule has 0 saturated carbocycles. The molecule has 8 heavy (non-hydrogen) atoms. The highest BCUT2D eigenvalue weighted by Gasteiger charge is 1.88. The summed E-state index contributed by atoms with van der Waals surface area (Å²) in [6.07, 6.45) is 2.60. The van der Waals surface area contributed by atoms with Gasteiger partial charge in [-0.15, -0.1) is 0 Å². The quantitative estimate of drug-likeness (QED) is 0.496. The summed E-state index contributed by atoms with van der Waals surface area (Å²) in [5, 5.41) is 0. The van der Waals surface area contributed by atoms with E-state index >= 15 is 0 Å². The Kier molecular flexibility index (Phi) is 4.50. The van der Waals surface area contributed by atoms with Crippen molar-refractivity contribution in [3.63, 3.8) is 0 Å². The minimum absolute atomic E-state index is 0.0820. The van der Waals surface area contributed by atoms with Crippen LogP contribution >= 0.6 is 0 Å². The predicted octanol–water partition coefficient (Wildman–Crippen LogP) is -0.289. The summed E-state index contributed by atoms with van der Waals surface area (Å²) in [6, 6.07) is 0.0820. The Bertz CT molecular complexity index is 70.1. The third kappa shape index (κ3) is 3.77. The van der Waals surface area contributed by atoms with Crippen LogP contribution in [0.15, 0.2) is 4.99 Å². The molecule has 3 heteroatoms. The number of nitrogens with zero attached hydrogens (tertiary/aromatic N) is 1. The molecule has 4 N–H and O–H groups in total. The fourth-order valence-corrected chi connectivity index (χ4v) is 0.302. The van der Waals surface area contributed by atoms with E-state index in [0.717, 1.165) is 6.42 Å². The van der Waals surface area contributed by atoms with Crippen LogP contribution in [-0.2, 0) is 0 Å². The van der Waals surface area contributed by atoms with E-state index in [0.29, 0.717) is 6.67 Å². The molecule has 0 aliphatic heterocycles. The number of rotatable bonds is 3. The minimum Gasteiger partial charge on any atom is -0.323 e. The van der Waals surface area contributed by atoms with E-state index in [2.05, 4.69) is 4.99 Å². The van der Waals surface area contributed by atoms with Gasteiger partial charge in [0.1, 0.15) is 0 Å². The molecule has 0 aliphatic carbocycles. The van der Waals surface area contributed by atoms with E-state index in [1.807, 2.05) is 6.92 Å². The molecule has 0 heterocycles. The van der Waals surface area contributed by atoms with Gasteiger partial charge in [-0.2, -0.15) is 0 Å². The molecule has 0 aromatic heterocycles. The summed E-state index contributed by atoms with van der Waals surface area (Å²) < 4.78 is 0. The molecule has 0 saturated heterocycles. The lowest BCUT2D eigenvalue weighted by molar-refractivity contribution is 0.827. The van der Waals surface area contributed by atoms with Crippen LogP contribution in [0.5, 0.6) is 0 Å². The largest absolute Gasteiger partial charge is 0.323 e. The fourth-order valence-electron chi connectivity index (χ4n) is 0.302. The second-order valence-electron chi connectivity index (χ2n) is 1.59. The highest BCUT2D eigenvalue weighted by atomic mass is 14.9. The van der Waals surface area contributed by atoms with Crippen LogP contribution in [0.1, 0.15) is 13.3 Å². The van der Waals surface area contributed by atoms with Crippen molar-refractivity contribution in [2.45, 2.75) is 19.4 Å². The second kappa shape index (κ2) is 4.74. The molecule has 0 aromatic rings. The van der Waals surface area contributed by atoms with Gasteiger partial charge in [-0.1, -0.05) is 6.92 Å². The molecule has 48 valence electrons. The third-order valence-corrected chi connectivity index (χ3v) is 0.874. The smallest absolute Gasteiger partial charge is 0.0856 e. The first-order chi connectivity index (χ1) is 3.81. The summed E-state index contributed by atoms with van der Waals surface area (Å²) in [6.45, 7) is 2.35. The van der Waals surface area contributed by atoms with Gasteiger partial charge >= 0.3 is 0 Å². The van der Waals surface area contributed by atoms with Crippen molar-refractivity contribution in [3.05, 3.63) is 0 Å². The van der Waals surface area contributed by atoms with Gasteiger partial charge in [-0.05, 0) is 6.42 Å². The lowest BCUT2D eigenvalue weighted by Gasteiger charge is -1.96. The first kappa shape index (κ1) is 7.59. The third-order valence-electron chi connectivity index (χ3n) is 0.874. The Morgan fingerprint density at radius 1 is 1.75 bits per heavy atom. The monoisotopic (exact) mass is 115 g/mol. The molecule has 0 bridgehead atoms. The average molecular weight is 115 g/mol. The zero-order valence-corrected chi connectivity index (χ0v) is 5.17. The van der Waals surface area contributed by atoms with E-state index in [-0.39, 0.29) is 6.04 Å². The lowest BCUT2D eigenvalue weighted by Crippen LogP contribution is -2.20. The van der Waals surface area contributed by atoms with Gasteiger partial charge in [0.25, 0.3) is 0 Å². The molecule has 0 amide bonds. The molecule has 1 unspecified atom stereocenters. The van der Waals surface area contributed by atoms with Gasteiger partial charge in [0.2, 0.25) is 0 Å². The first-order valence-corrected chi connectivity index (χ1v) is 2.76. The predicted molar refractivity (Wildman–Crippen MR) is 35.8 cm³/mol. The van der Waals surface area contributed by atoms with Crippen molar-refractivity contribution in [1.29, 1.82) is 0 Å². The van der Waals surface area contributed by atoms with Crippen LogP contribution in [0.2, 0.25) is 0 Å². The number of aliphatic imine (C=N–C) groups is 1. The van der Waals surface area contributed by atoms with Gasteiger partial charge < -0.3 is 11.5 Å². The van der Waals surface area contributed by atoms with Crippen molar-refractivity contribution in [2.24, 2.45) is 16.5 Å². The highest BCUT2D eigenvalue weighted by molar-refractivity contribution is 5.63. The first-order valence-electron chi connectivity index (χ1n) is 2.76. The molecule has 0 fully saturated rings. The van der Waals surface area contributed by atoms with Gasteiger partial charge in [0.15, 0.2) is 0 Å². The highest BCUT2D eigenvalue weighted by Crippen LogP contribution is 1.78. The van der Waals surface area contributed by atoms with E-state index < -0.39 is 0 Å². The van der Waals surface area contributed by atoms with Gasteiger partial charge in [0.05, 0.1) is 6.67 Å². The van der Waals surface area contributed by atoms with Crippen LogP contribution in [0.4, 0.5) is 0 Å². The van der Waals surface area contributed by atoms with Crippen LogP contribution < -0.4 is 11.5 Å². The van der Waals surface area contributed by atoms with Crippen molar-refractivity contribution in [3.8, 4) is 0 Å². The average Bonchev–Trinajstić information content (AvgIpc) is 1.83. The second-order valence-corrected chi connectivity index (χ2v) is 1.59. The number of nitrogens with two attached hydrogens (primary N) is 2. The molecule has 1 atom stereocenters. The minimum atomic E-state index is 0.0820. The summed E-state index contributed by atoms with van der Waals surface area (Å²) >= 11 is 0. The summed E-state index contributed by atoms with van der Waals surface area (Å²) in [4.78, 5) is 3.77. The molecular weight excluding hydrogens is 102 g/mol. The molecule has 0 spiro atoms. The van der Waals surface area contributed by atoms with E-state index in [9.17, 15) is 0 Å². The SMILES string of the molecule is CCC(N)C=NCN. The molecular formula is C5H13N3. The Morgan fingerprint density at radius 3 is 2.75 bits per heavy atom. The zero-order valence-electron chi connectivity index (χ0n) is 5.17. The van der Waals surface area contributed by atoms with Gasteiger partial charge in [0, 0.05) is 12.3 Å². The van der Waals surface area contributed by atoms with Crippen LogP contribution in [0.25, 0.3) is 0 Å². The maximum Gasteiger partial charge on any atom is 0.0856 e. The molecule has 3 nitrogen and oxygen atoms in total. The van der Waals surface area contributed by atoms with Crippen molar-refractivity contribution in [1.82, 2.24) is 0 Å². The molecule has 0 aliphatic rings. The molecule has 0 rings (SSSR count). The molecule has 0 aromatic carbocycles. The summed E-state index contributed by atoms with van der Waals surface area (Å²) in [5.74, 6) is 0. The van der Waals surface area contributed by atoms with Gasteiger partial charge in [-0.3, -0.25) is 4.99 Å². The summed E-state index contributed by atoms with van der Waals surface area (Å²) in [5.41, 5.74) is 10.5. The Labute approximate surface area is 49.8 Å². The van der Waals surface area contributed by atoms with Crippen LogP contribution in [0.3, 0.4) is 0 Å². The zero-order chi connectivity index (χ0) is 6.41. The number of hydrogen-bond donors (Lipinski definition) is 2. The maximum absolute atomic E-state index is 5.45.